The van der Waals surface area contributed by atoms with Gasteiger partial charge >= 0.3 is 6.09 Å². The molecule has 0 saturated heterocycles. The maximum Gasteiger partial charge on any atom is 0.410 e. The van der Waals surface area contributed by atoms with E-state index in [1.54, 1.807) is 27.8 Å². The van der Waals surface area contributed by atoms with E-state index in [1.165, 1.54) is 4.90 Å². The standard InChI is InChI=1S/C18H21NO3/c1-18(2,3)22-17(21)19(4)16(12-20)15-10-9-13-7-5-6-8-14(13)11-15/h5-12,16H,1-4H3. The Morgan fingerprint density at radius 1 is 1.14 bits per heavy atom. The van der Waals surface area contributed by atoms with Gasteiger partial charge in [0.05, 0.1) is 0 Å². The van der Waals surface area contributed by atoms with E-state index in [4.69, 9.17) is 4.74 Å². The Labute approximate surface area is 130 Å². The van der Waals surface area contributed by atoms with Crippen LogP contribution in [0.5, 0.6) is 0 Å². The first kappa shape index (κ1) is 16.0. The SMILES string of the molecule is CN(C(=O)OC(C)(C)C)C(C=O)c1ccc2ccccc2c1. The van der Waals surface area contributed by atoms with Crippen molar-refractivity contribution in [3.05, 3.63) is 48.0 Å². The maximum absolute atomic E-state index is 12.1. The fourth-order valence-electron chi connectivity index (χ4n) is 2.23. The summed E-state index contributed by atoms with van der Waals surface area (Å²) in [5.74, 6) is 0. The Bertz CT molecular complexity index is 688. The summed E-state index contributed by atoms with van der Waals surface area (Å²) in [5, 5.41) is 2.13. The monoisotopic (exact) mass is 299 g/mol. The number of rotatable bonds is 3. The highest BCUT2D eigenvalue weighted by Gasteiger charge is 2.26. The molecule has 0 aliphatic rings. The minimum Gasteiger partial charge on any atom is -0.444 e. The van der Waals surface area contributed by atoms with Crippen LogP contribution in [0.4, 0.5) is 4.79 Å². The average molecular weight is 299 g/mol. The van der Waals surface area contributed by atoms with Crippen LogP contribution in [0, 0.1) is 0 Å². The van der Waals surface area contributed by atoms with Crippen LogP contribution in [0.3, 0.4) is 0 Å². The summed E-state index contributed by atoms with van der Waals surface area (Å²) in [6, 6.07) is 13.0. The predicted octanol–water partition coefficient (Wildman–Crippen LogP) is 3.95. The minimum atomic E-state index is -0.667. The van der Waals surface area contributed by atoms with Gasteiger partial charge in [-0.3, -0.25) is 4.90 Å². The van der Waals surface area contributed by atoms with Crippen LogP contribution in [0.25, 0.3) is 10.8 Å². The summed E-state index contributed by atoms with van der Waals surface area (Å²) in [7, 11) is 1.57. The fraction of sp³-hybridized carbons (Fsp3) is 0.333. The lowest BCUT2D eigenvalue weighted by Crippen LogP contribution is -2.37. The summed E-state index contributed by atoms with van der Waals surface area (Å²) < 4.78 is 5.32. The molecule has 2 rings (SSSR count). The summed E-state index contributed by atoms with van der Waals surface area (Å²) in [6.07, 6.45) is 0.242. The van der Waals surface area contributed by atoms with Crippen molar-refractivity contribution in [2.45, 2.75) is 32.4 Å². The molecule has 0 radical (unpaired) electrons. The quantitative estimate of drug-likeness (QED) is 0.806. The third-order valence-corrected chi connectivity index (χ3v) is 3.34. The second kappa shape index (κ2) is 6.18. The smallest absolute Gasteiger partial charge is 0.410 e. The van der Waals surface area contributed by atoms with Crippen molar-refractivity contribution in [1.82, 2.24) is 4.90 Å². The van der Waals surface area contributed by atoms with Gasteiger partial charge in [0, 0.05) is 7.05 Å². The Morgan fingerprint density at radius 3 is 2.36 bits per heavy atom. The lowest BCUT2D eigenvalue weighted by molar-refractivity contribution is -0.112. The molecule has 0 aromatic heterocycles. The van der Waals surface area contributed by atoms with Crippen LogP contribution in [-0.4, -0.2) is 29.9 Å². The Hall–Kier alpha value is -2.36. The highest BCUT2D eigenvalue weighted by Crippen LogP contribution is 2.24. The molecule has 1 unspecified atom stereocenters. The van der Waals surface area contributed by atoms with Gasteiger partial charge in [-0.05, 0) is 43.2 Å². The molecule has 1 atom stereocenters. The Kier molecular flexibility index (Phi) is 4.50. The van der Waals surface area contributed by atoms with Gasteiger partial charge in [0.25, 0.3) is 0 Å². The molecule has 0 bridgehead atoms. The molecule has 0 N–H and O–H groups in total. The normalized spacial score (nSPS) is 12.7. The van der Waals surface area contributed by atoms with Crippen LogP contribution >= 0.6 is 0 Å². The molecule has 2 aromatic rings. The van der Waals surface area contributed by atoms with E-state index in [0.717, 1.165) is 22.6 Å². The molecule has 0 fully saturated rings. The first-order valence-corrected chi connectivity index (χ1v) is 7.21. The molecule has 2 aromatic carbocycles. The molecule has 0 saturated carbocycles. The number of amides is 1. The maximum atomic E-state index is 12.1. The third-order valence-electron chi connectivity index (χ3n) is 3.34. The van der Waals surface area contributed by atoms with Gasteiger partial charge in [-0.15, -0.1) is 0 Å². The van der Waals surface area contributed by atoms with E-state index < -0.39 is 17.7 Å². The molecular weight excluding hydrogens is 278 g/mol. The van der Waals surface area contributed by atoms with Gasteiger partial charge in [0.1, 0.15) is 17.9 Å². The molecule has 0 spiro atoms. The summed E-state index contributed by atoms with van der Waals surface area (Å²) >= 11 is 0. The number of ether oxygens (including phenoxy) is 1. The highest BCUT2D eigenvalue weighted by atomic mass is 16.6. The van der Waals surface area contributed by atoms with Gasteiger partial charge < -0.3 is 9.53 Å². The number of benzene rings is 2. The van der Waals surface area contributed by atoms with Crippen LogP contribution in [0.1, 0.15) is 32.4 Å². The zero-order chi connectivity index (χ0) is 16.3. The summed E-state index contributed by atoms with van der Waals surface area (Å²) in [6.45, 7) is 5.39. The molecule has 0 aliphatic carbocycles. The van der Waals surface area contributed by atoms with E-state index in [-0.39, 0.29) is 0 Å². The molecule has 0 aliphatic heterocycles. The van der Waals surface area contributed by atoms with Gasteiger partial charge in [0.2, 0.25) is 0 Å². The number of fused-ring (bicyclic) bond motifs is 1. The number of carbonyl (C=O) groups excluding carboxylic acids is 2. The van der Waals surface area contributed by atoms with Gasteiger partial charge in [0.15, 0.2) is 0 Å². The third kappa shape index (κ3) is 3.64. The van der Waals surface area contributed by atoms with Crippen molar-refractivity contribution in [2.75, 3.05) is 7.05 Å². The van der Waals surface area contributed by atoms with Crippen molar-refractivity contribution >= 4 is 23.2 Å². The highest BCUT2D eigenvalue weighted by molar-refractivity contribution is 5.84. The fourth-order valence-corrected chi connectivity index (χ4v) is 2.23. The van der Waals surface area contributed by atoms with Crippen LogP contribution in [-0.2, 0) is 9.53 Å². The van der Waals surface area contributed by atoms with E-state index in [2.05, 4.69) is 0 Å². The largest absolute Gasteiger partial charge is 0.444 e. The van der Waals surface area contributed by atoms with Crippen LogP contribution in [0.2, 0.25) is 0 Å². The zero-order valence-electron chi connectivity index (χ0n) is 13.4. The van der Waals surface area contributed by atoms with Gasteiger partial charge in [-0.1, -0.05) is 36.4 Å². The van der Waals surface area contributed by atoms with Crippen LogP contribution < -0.4 is 0 Å². The van der Waals surface area contributed by atoms with Crippen molar-refractivity contribution in [2.24, 2.45) is 0 Å². The lowest BCUT2D eigenvalue weighted by atomic mass is 10.0. The molecule has 116 valence electrons. The van der Waals surface area contributed by atoms with Gasteiger partial charge in [-0.2, -0.15) is 0 Å². The Balaban J connectivity index is 2.29. The van der Waals surface area contributed by atoms with E-state index in [1.807, 2.05) is 42.5 Å². The molecule has 0 heterocycles. The topological polar surface area (TPSA) is 46.6 Å². The van der Waals surface area contributed by atoms with Gasteiger partial charge in [-0.25, -0.2) is 4.79 Å². The van der Waals surface area contributed by atoms with E-state index in [9.17, 15) is 9.59 Å². The molecule has 1 amide bonds. The second-order valence-corrected chi connectivity index (χ2v) is 6.28. The number of carbonyl (C=O) groups is 2. The van der Waals surface area contributed by atoms with Crippen LogP contribution in [0.15, 0.2) is 42.5 Å². The lowest BCUT2D eigenvalue weighted by Gasteiger charge is -2.28. The number of hydrogen-bond acceptors (Lipinski definition) is 3. The first-order chi connectivity index (χ1) is 10.3. The number of nitrogens with zero attached hydrogens (tertiary/aromatic N) is 1. The van der Waals surface area contributed by atoms with Crippen molar-refractivity contribution in [1.29, 1.82) is 0 Å². The second-order valence-electron chi connectivity index (χ2n) is 6.28. The predicted molar refractivity (Wildman–Crippen MR) is 86.8 cm³/mol. The first-order valence-electron chi connectivity index (χ1n) is 7.21. The van der Waals surface area contributed by atoms with Crippen molar-refractivity contribution in [3.63, 3.8) is 0 Å². The molecule has 4 heteroatoms. The van der Waals surface area contributed by atoms with Crippen molar-refractivity contribution in [3.8, 4) is 0 Å². The number of likely N-dealkylation sites (N-methyl/N-ethyl adjacent to an activating group) is 1. The molecular formula is C18H21NO3. The number of aldehydes is 1. The summed E-state index contributed by atoms with van der Waals surface area (Å²) in [4.78, 5) is 25.0. The number of hydrogen-bond donors (Lipinski definition) is 0. The van der Waals surface area contributed by atoms with Crippen molar-refractivity contribution < 1.29 is 14.3 Å². The van der Waals surface area contributed by atoms with E-state index in [0.29, 0.717) is 0 Å². The van der Waals surface area contributed by atoms with E-state index >= 15 is 0 Å². The minimum absolute atomic E-state index is 0.516. The Morgan fingerprint density at radius 2 is 1.77 bits per heavy atom. The molecule has 22 heavy (non-hydrogen) atoms. The average Bonchev–Trinajstić information content (AvgIpc) is 2.46. The summed E-state index contributed by atoms with van der Waals surface area (Å²) in [5.41, 5.74) is 0.171. The zero-order valence-corrected chi connectivity index (χ0v) is 13.4. The molecule has 4 nitrogen and oxygen atoms in total.